The molecule has 0 amide bonds. The highest BCUT2D eigenvalue weighted by atomic mass is 28.3. The normalized spacial score (nSPS) is 22.6. The molecule has 1 rings (SSSR count). The Morgan fingerprint density at radius 3 is 2.64 bits per heavy atom. The van der Waals surface area contributed by atoms with Crippen LogP contribution in [0.5, 0.6) is 0 Å². The second-order valence-corrected chi connectivity index (χ2v) is 8.15. The summed E-state index contributed by atoms with van der Waals surface area (Å²) < 4.78 is 0. The number of aliphatic imine (C=N–C) groups is 1. The van der Waals surface area contributed by atoms with E-state index in [0.717, 1.165) is 11.8 Å². The molecule has 1 aliphatic heterocycles. The van der Waals surface area contributed by atoms with Crippen LogP contribution >= 0.6 is 0 Å². The maximum absolute atomic E-state index is 4.48. The van der Waals surface area contributed by atoms with Crippen LogP contribution in [0.4, 0.5) is 0 Å². The zero-order valence-corrected chi connectivity index (χ0v) is 11.3. The molecule has 14 heavy (non-hydrogen) atoms. The number of hydrogen-bond acceptors (Lipinski definition) is 1. The second-order valence-electron chi connectivity index (χ2n) is 5.18. The summed E-state index contributed by atoms with van der Waals surface area (Å²) in [4.78, 5) is 4.48. The molecule has 1 aliphatic rings. The highest BCUT2D eigenvalue weighted by molar-refractivity contribution is 6.64. The number of rotatable bonds is 3. The Balaban J connectivity index is 2.74. The molecule has 0 bridgehead atoms. The van der Waals surface area contributed by atoms with E-state index in [1.54, 1.807) is 5.20 Å². The van der Waals surface area contributed by atoms with Crippen LogP contribution in [0.3, 0.4) is 0 Å². The lowest BCUT2D eigenvalue weighted by molar-refractivity contribution is 0.475. The highest BCUT2D eigenvalue weighted by Gasteiger charge is 2.22. The van der Waals surface area contributed by atoms with Gasteiger partial charge in [-0.3, -0.25) is 4.99 Å². The van der Waals surface area contributed by atoms with E-state index in [-0.39, 0.29) is 0 Å². The van der Waals surface area contributed by atoms with Crippen molar-refractivity contribution >= 4 is 14.5 Å². The van der Waals surface area contributed by atoms with E-state index in [1.807, 2.05) is 0 Å². The van der Waals surface area contributed by atoms with Crippen LogP contribution in [-0.2, 0) is 0 Å². The summed E-state index contributed by atoms with van der Waals surface area (Å²) in [6, 6.07) is 0. The fourth-order valence-corrected chi connectivity index (χ4v) is 3.80. The molecule has 0 aromatic rings. The van der Waals surface area contributed by atoms with Gasteiger partial charge in [0.15, 0.2) is 0 Å². The van der Waals surface area contributed by atoms with Gasteiger partial charge in [-0.2, -0.15) is 0 Å². The molecule has 0 spiro atoms. The van der Waals surface area contributed by atoms with Crippen LogP contribution in [0, 0.1) is 11.8 Å². The van der Waals surface area contributed by atoms with Gasteiger partial charge in [-0.25, -0.2) is 0 Å². The van der Waals surface area contributed by atoms with Crippen molar-refractivity contribution < 1.29 is 0 Å². The van der Waals surface area contributed by atoms with Crippen molar-refractivity contribution in [3.63, 3.8) is 0 Å². The van der Waals surface area contributed by atoms with Gasteiger partial charge in [-0.1, -0.05) is 32.1 Å². The van der Waals surface area contributed by atoms with Gasteiger partial charge >= 0.3 is 0 Å². The highest BCUT2D eigenvalue weighted by Crippen LogP contribution is 2.28. The number of nitrogens with zero attached hydrogens (tertiary/aromatic N) is 1. The molecule has 1 atom stereocenters. The summed E-state index contributed by atoms with van der Waals surface area (Å²) in [6.45, 7) is 11.6. The third kappa shape index (κ3) is 3.09. The van der Waals surface area contributed by atoms with Crippen molar-refractivity contribution in [2.75, 3.05) is 0 Å². The quantitative estimate of drug-likeness (QED) is 0.632. The van der Waals surface area contributed by atoms with Gasteiger partial charge in [-0.15, -0.1) is 0 Å². The molecule has 0 saturated carbocycles. The Hall–Kier alpha value is -0.373. The van der Waals surface area contributed by atoms with Crippen molar-refractivity contribution in [1.82, 2.24) is 0 Å². The lowest BCUT2D eigenvalue weighted by atomic mass is 9.91. The zero-order valence-electron chi connectivity index (χ0n) is 10.2. The van der Waals surface area contributed by atoms with Crippen LogP contribution in [0.25, 0.3) is 0 Å². The minimum atomic E-state index is -0.642. The third-order valence-electron chi connectivity index (χ3n) is 2.87. The molecule has 0 aliphatic carbocycles. The fraction of sp³-hybridized carbons (Fsp3) is 0.750. The maximum Gasteiger partial charge on any atom is 0.0619 e. The monoisotopic (exact) mass is 209 g/mol. The van der Waals surface area contributed by atoms with E-state index in [4.69, 9.17) is 0 Å². The van der Waals surface area contributed by atoms with E-state index in [2.05, 4.69) is 45.1 Å². The molecule has 0 aromatic heterocycles. The van der Waals surface area contributed by atoms with Crippen LogP contribution < -0.4 is 0 Å². The van der Waals surface area contributed by atoms with Gasteiger partial charge in [0.1, 0.15) is 0 Å². The predicted molar refractivity (Wildman–Crippen MR) is 67.6 cm³/mol. The standard InChI is InChI=1S/C12H23NSi/c1-9(2)6-11-7-10(3)13-8-12(11)14(4)5/h8-9,11,14H,6-7H2,1-5H3. The molecule has 80 valence electrons. The Morgan fingerprint density at radius 1 is 1.50 bits per heavy atom. The Bertz CT molecular complexity index is 251. The average Bonchev–Trinajstić information content (AvgIpc) is 2.01. The molecular formula is C12H23NSi. The minimum absolute atomic E-state index is 0.642. The topological polar surface area (TPSA) is 12.4 Å². The summed E-state index contributed by atoms with van der Waals surface area (Å²) in [6.07, 6.45) is 4.71. The summed E-state index contributed by atoms with van der Waals surface area (Å²) in [5, 5.41) is 1.68. The van der Waals surface area contributed by atoms with Gasteiger partial charge in [0, 0.05) is 11.9 Å². The first-order valence-corrected chi connectivity index (χ1v) is 8.62. The molecule has 1 heterocycles. The molecule has 0 saturated heterocycles. The van der Waals surface area contributed by atoms with E-state index < -0.39 is 8.80 Å². The third-order valence-corrected chi connectivity index (χ3v) is 4.82. The van der Waals surface area contributed by atoms with Crippen molar-refractivity contribution in [1.29, 1.82) is 0 Å². The second kappa shape index (κ2) is 4.92. The Labute approximate surface area is 89.9 Å². The first-order chi connectivity index (χ1) is 6.50. The van der Waals surface area contributed by atoms with Crippen molar-refractivity contribution in [3.8, 4) is 0 Å². The van der Waals surface area contributed by atoms with E-state index in [0.29, 0.717) is 0 Å². The van der Waals surface area contributed by atoms with Gasteiger partial charge in [-0.05, 0) is 31.6 Å². The van der Waals surface area contributed by atoms with Gasteiger partial charge in [0.25, 0.3) is 0 Å². The molecule has 1 unspecified atom stereocenters. The van der Waals surface area contributed by atoms with Crippen molar-refractivity contribution in [3.05, 3.63) is 11.4 Å². The Morgan fingerprint density at radius 2 is 2.14 bits per heavy atom. The van der Waals surface area contributed by atoms with E-state index in [1.165, 1.54) is 18.6 Å². The summed E-state index contributed by atoms with van der Waals surface area (Å²) in [5.41, 5.74) is 1.31. The van der Waals surface area contributed by atoms with E-state index in [9.17, 15) is 0 Å². The molecule has 0 N–H and O–H groups in total. The number of hydrogen-bond donors (Lipinski definition) is 0. The lowest BCUT2D eigenvalue weighted by Gasteiger charge is -2.26. The lowest BCUT2D eigenvalue weighted by Crippen LogP contribution is -2.22. The van der Waals surface area contributed by atoms with Crippen LogP contribution in [-0.4, -0.2) is 14.5 Å². The molecule has 0 radical (unpaired) electrons. The Kier molecular flexibility index (Phi) is 4.11. The smallest absolute Gasteiger partial charge is 0.0619 e. The molecule has 0 aromatic carbocycles. The average molecular weight is 209 g/mol. The van der Waals surface area contributed by atoms with Crippen LogP contribution in [0.15, 0.2) is 16.4 Å². The molecule has 2 heteroatoms. The molecule has 1 nitrogen and oxygen atoms in total. The van der Waals surface area contributed by atoms with Crippen molar-refractivity contribution in [2.45, 2.75) is 46.7 Å². The molecular weight excluding hydrogens is 186 g/mol. The van der Waals surface area contributed by atoms with Gasteiger partial charge in [0.2, 0.25) is 0 Å². The molecule has 0 fully saturated rings. The fourth-order valence-electron chi connectivity index (χ4n) is 2.23. The first-order valence-electron chi connectivity index (χ1n) is 5.74. The van der Waals surface area contributed by atoms with Crippen molar-refractivity contribution in [2.24, 2.45) is 16.8 Å². The maximum atomic E-state index is 4.48. The van der Waals surface area contributed by atoms with Crippen LogP contribution in [0.1, 0.15) is 33.6 Å². The van der Waals surface area contributed by atoms with Gasteiger partial charge < -0.3 is 0 Å². The van der Waals surface area contributed by atoms with Crippen LogP contribution in [0.2, 0.25) is 13.1 Å². The largest absolute Gasteiger partial charge is 0.266 e. The zero-order chi connectivity index (χ0) is 10.7. The number of allylic oxidation sites excluding steroid dienone is 1. The van der Waals surface area contributed by atoms with Gasteiger partial charge in [0.05, 0.1) is 8.80 Å². The summed E-state index contributed by atoms with van der Waals surface area (Å²) >= 11 is 0. The summed E-state index contributed by atoms with van der Waals surface area (Å²) in [5.74, 6) is 1.61. The first kappa shape index (κ1) is 11.7. The minimum Gasteiger partial charge on any atom is -0.266 e. The summed E-state index contributed by atoms with van der Waals surface area (Å²) in [7, 11) is -0.642. The van der Waals surface area contributed by atoms with E-state index >= 15 is 0 Å². The SMILES string of the molecule is CC1=NC=C([SiH](C)C)C(CC(C)C)C1. The predicted octanol–water partition coefficient (Wildman–Crippen LogP) is 3.42.